The number of benzene rings is 1. The Kier molecular flexibility index (Phi) is 4.40. The molecule has 1 aromatic rings. The summed E-state index contributed by atoms with van der Waals surface area (Å²) in [7, 11) is 0. The Morgan fingerprint density at radius 1 is 1.35 bits per heavy atom. The summed E-state index contributed by atoms with van der Waals surface area (Å²) in [4.78, 5) is 10.5. The molecule has 3 nitrogen and oxygen atoms in total. The third kappa shape index (κ3) is 3.68. The maximum Gasteiger partial charge on any atom is 0.139 e. The van der Waals surface area contributed by atoms with E-state index in [-0.39, 0.29) is 12.1 Å². The van der Waals surface area contributed by atoms with Gasteiger partial charge in [0, 0.05) is 16.6 Å². The summed E-state index contributed by atoms with van der Waals surface area (Å²) in [5, 5.41) is 4.36. The second kappa shape index (κ2) is 5.83. The highest BCUT2D eigenvalue weighted by Crippen LogP contribution is 2.20. The van der Waals surface area contributed by atoms with Gasteiger partial charge < -0.3 is 14.8 Å². The van der Waals surface area contributed by atoms with E-state index in [0.29, 0.717) is 23.2 Å². The number of aldehydes is 1. The molecule has 0 amide bonds. The molecule has 5 heteroatoms. The number of hydrogen-bond acceptors (Lipinski definition) is 3. The number of ether oxygens (including phenoxy) is 1. The molecule has 1 aliphatic heterocycles. The fraction of sp³-hybridized carbons (Fsp3) is 0.417. The smallest absolute Gasteiger partial charge is 0.139 e. The molecule has 0 bridgehead atoms. The predicted molar refractivity (Wildman–Crippen MR) is 67.8 cm³/mol. The summed E-state index contributed by atoms with van der Waals surface area (Å²) >= 11 is 11.9. The highest BCUT2D eigenvalue weighted by atomic mass is 35.5. The van der Waals surface area contributed by atoms with Crippen molar-refractivity contribution in [2.24, 2.45) is 0 Å². The van der Waals surface area contributed by atoms with Crippen LogP contribution in [0.1, 0.15) is 5.56 Å². The minimum absolute atomic E-state index is 0.0562. The van der Waals surface area contributed by atoms with E-state index >= 15 is 0 Å². The maximum atomic E-state index is 10.5. The van der Waals surface area contributed by atoms with Crippen molar-refractivity contribution in [1.82, 2.24) is 5.32 Å². The van der Waals surface area contributed by atoms with Crippen molar-refractivity contribution >= 4 is 29.5 Å². The van der Waals surface area contributed by atoms with Gasteiger partial charge in [0.1, 0.15) is 6.29 Å². The molecule has 1 saturated heterocycles. The minimum atomic E-state index is -0.186. The van der Waals surface area contributed by atoms with Gasteiger partial charge in [-0.25, -0.2) is 0 Å². The van der Waals surface area contributed by atoms with E-state index < -0.39 is 0 Å². The van der Waals surface area contributed by atoms with Crippen LogP contribution in [0.5, 0.6) is 0 Å². The van der Waals surface area contributed by atoms with Gasteiger partial charge in [-0.1, -0.05) is 23.2 Å². The average Bonchev–Trinajstić information content (AvgIpc) is 2.28. The molecule has 1 N–H and O–H groups in total. The van der Waals surface area contributed by atoms with E-state index in [2.05, 4.69) is 5.32 Å². The zero-order valence-corrected chi connectivity index (χ0v) is 10.7. The zero-order chi connectivity index (χ0) is 12.3. The van der Waals surface area contributed by atoms with Crippen molar-refractivity contribution in [1.29, 1.82) is 0 Å². The molecule has 0 saturated carbocycles. The molecular formula is C12H13Cl2NO2. The maximum absolute atomic E-state index is 10.5. The SMILES string of the molecule is O=CC1COC(Cc2cc(Cl)cc(Cl)c2)CN1. The Morgan fingerprint density at radius 2 is 2.06 bits per heavy atom. The Labute approximate surface area is 110 Å². The van der Waals surface area contributed by atoms with E-state index in [0.717, 1.165) is 18.3 Å². The highest BCUT2D eigenvalue weighted by molar-refractivity contribution is 6.34. The first-order valence-electron chi connectivity index (χ1n) is 5.42. The second-order valence-corrected chi connectivity index (χ2v) is 4.96. The van der Waals surface area contributed by atoms with Gasteiger partial charge in [-0.3, -0.25) is 0 Å². The van der Waals surface area contributed by atoms with Crippen molar-refractivity contribution in [3.8, 4) is 0 Å². The Bertz CT molecular complexity index is 383. The van der Waals surface area contributed by atoms with Crippen molar-refractivity contribution < 1.29 is 9.53 Å². The van der Waals surface area contributed by atoms with Crippen LogP contribution >= 0.6 is 23.2 Å². The molecule has 1 heterocycles. The molecule has 0 spiro atoms. The number of morpholine rings is 1. The van der Waals surface area contributed by atoms with Crippen LogP contribution < -0.4 is 5.32 Å². The first kappa shape index (κ1) is 12.8. The average molecular weight is 274 g/mol. The Morgan fingerprint density at radius 3 is 2.59 bits per heavy atom. The van der Waals surface area contributed by atoms with Crippen molar-refractivity contribution in [3.05, 3.63) is 33.8 Å². The Hall–Kier alpha value is -0.610. The van der Waals surface area contributed by atoms with E-state index in [9.17, 15) is 4.79 Å². The third-order valence-electron chi connectivity index (χ3n) is 2.67. The lowest BCUT2D eigenvalue weighted by molar-refractivity contribution is -0.113. The molecule has 17 heavy (non-hydrogen) atoms. The minimum Gasteiger partial charge on any atom is -0.374 e. The van der Waals surface area contributed by atoms with Gasteiger partial charge in [-0.2, -0.15) is 0 Å². The number of carbonyl (C=O) groups is 1. The first-order chi connectivity index (χ1) is 8.17. The number of rotatable bonds is 3. The van der Waals surface area contributed by atoms with Gasteiger partial charge >= 0.3 is 0 Å². The summed E-state index contributed by atoms with van der Waals surface area (Å²) in [6.45, 7) is 1.08. The largest absolute Gasteiger partial charge is 0.374 e. The molecule has 2 unspecified atom stereocenters. The fourth-order valence-electron chi connectivity index (χ4n) is 1.85. The number of carbonyl (C=O) groups excluding carboxylic acids is 1. The van der Waals surface area contributed by atoms with Crippen LogP contribution in [0.4, 0.5) is 0 Å². The third-order valence-corrected chi connectivity index (χ3v) is 3.11. The number of nitrogens with one attached hydrogen (secondary N) is 1. The summed E-state index contributed by atoms with van der Waals surface area (Å²) < 4.78 is 5.59. The highest BCUT2D eigenvalue weighted by Gasteiger charge is 2.20. The molecule has 1 fully saturated rings. The van der Waals surface area contributed by atoms with Crippen LogP contribution in [0.25, 0.3) is 0 Å². The predicted octanol–water partition coefficient (Wildman–Crippen LogP) is 2.09. The van der Waals surface area contributed by atoms with Crippen LogP contribution in [0.3, 0.4) is 0 Å². The zero-order valence-electron chi connectivity index (χ0n) is 9.16. The molecule has 2 rings (SSSR count). The van der Waals surface area contributed by atoms with Crippen LogP contribution in [0.15, 0.2) is 18.2 Å². The fourth-order valence-corrected chi connectivity index (χ4v) is 2.42. The molecule has 0 radical (unpaired) electrons. The van der Waals surface area contributed by atoms with Crippen LogP contribution in [0, 0.1) is 0 Å². The van der Waals surface area contributed by atoms with E-state index in [4.69, 9.17) is 27.9 Å². The summed E-state index contributed by atoms with van der Waals surface area (Å²) in [5.74, 6) is 0. The molecule has 2 atom stereocenters. The van der Waals surface area contributed by atoms with Crippen molar-refractivity contribution in [2.45, 2.75) is 18.6 Å². The normalized spacial score (nSPS) is 24.6. The van der Waals surface area contributed by atoms with Gasteiger partial charge in [-0.05, 0) is 30.2 Å². The number of hydrogen-bond donors (Lipinski definition) is 1. The molecule has 92 valence electrons. The van der Waals surface area contributed by atoms with Gasteiger partial charge in [0.05, 0.1) is 18.8 Å². The summed E-state index contributed by atoms with van der Waals surface area (Å²) in [5.41, 5.74) is 1.04. The summed E-state index contributed by atoms with van der Waals surface area (Å²) in [6, 6.07) is 5.27. The quantitative estimate of drug-likeness (QED) is 0.858. The van der Waals surface area contributed by atoms with E-state index in [1.54, 1.807) is 6.07 Å². The standard InChI is InChI=1S/C12H13Cl2NO2/c13-9-1-8(2-10(14)4-9)3-12-5-15-11(6-16)7-17-12/h1-2,4,6,11-12,15H,3,5,7H2. The van der Waals surface area contributed by atoms with Gasteiger partial charge in [0.25, 0.3) is 0 Å². The lowest BCUT2D eigenvalue weighted by atomic mass is 10.1. The van der Waals surface area contributed by atoms with Crippen LogP contribution in [-0.2, 0) is 16.0 Å². The lowest BCUT2D eigenvalue weighted by Crippen LogP contribution is -2.47. The van der Waals surface area contributed by atoms with Gasteiger partial charge in [0.2, 0.25) is 0 Å². The molecule has 0 aromatic heterocycles. The van der Waals surface area contributed by atoms with E-state index in [1.165, 1.54) is 0 Å². The van der Waals surface area contributed by atoms with Gasteiger partial charge in [-0.15, -0.1) is 0 Å². The molecule has 1 aromatic carbocycles. The van der Waals surface area contributed by atoms with Crippen molar-refractivity contribution in [3.63, 3.8) is 0 Å². The Balaban J connectivity index is 1.95. The van der Waals surface area contributed by atoms with Gasteiger partial charge in [0.15, 0.2) is 0 Å². The van der Waals surface area contributed by atoms with Crippen LogP contribution in [0.2, 0.25) is 10.0 Å². The second-order valence-electron chi connectivity index (χ2n) is 4.09. The first-order valence-corrected chi connectivity index (χ1v) is 6.18. The van der Waals surface area contributed by atoms with Crippen LogP contribution in [-0.4, -0.2) is 31.6 Å². The molecular weight excluding hydrogens is 261 g/mol. The van der Waals surface area contributed by atoms with E-state index in [1.807, 2.05) is 12.1 Å². The topological polar surface area (TPSA) is 38.3 Å². The molecule has 0 aliphatic carbocycles. The summed E-state index contributed by atoms with van der Waals surface area (Å²) in [6.07, 6.45) is 1.66. The monoisotopic (exact) mass is 273 g/mol. The number of halogens is 2. The molecule has 1 aliphatic rings. The van der Waals surface area contributed by atoms with Crippen molar-refractivity contribution in [2.75, 3.05) is 13.2 Å². The lowest BCUT2D eigenvalue weighted by Gasteiger charge is -2.27.